The second kappa shape index (κ2) is 10.6. The van der Waals surface area contributed by atoms with Crippen LogP contribution in [0.5, 0.6) is 0 Å². The van der Waals surface area contributed by atoms with Crippen LogP contribution < -0.4 is 5.46 Å². The first-order chi connectivity index (χ1) is 20.8. The van der Waals surface area contributed by atoms with Gasteiger partial charge in [0.15, 0.2) is 5.82 Å². The second-order valence-electron chi connectivity index (χ2n) is 12.0. The van der Waals surface area contributed by atoms with Crippen molar-refractivity contribution in [1.29, 1.82) is 0 Å². The van der Waals surface area contributed by atoms with E-state index in [0.717, 1.165) is 44.3 Å². The minimum absolute atomic E-state index is 0.416. The highest BCUT2D eigenvalue weighted by Crippen LogP contribution is 2.37. The summed E-state index contributed by atoms with van der Waals surface area (Å²) in [5, 5.41) is 1.02. The molecule has 0 bridgehead atoms. The van der Waals surface area contributed by atoms with Crippen LogP contribution in [0.1, 0.15) is 27.7 Å². The number of nitrogens with zero attached hydrogens (tertiary/aromatic N) is 3. The highest BCUT2D eigenvalue weighted by atomic mass is 16.7. The number of aromatic nitrogens is 3. The lowest BCUT2D eigenvalue weighted by Gasteiger charge is -2.32. The van der Waals surface area contributed by atoms with Gasteiger partial charge in [-0.1, -0.05) is 97.1 Å². The molecule has 0 N–H and O–H groups in total. The Hall–Kier alpha value is -4.65. The van der Waals surface area contributed by atoms with Crippen molar-refractivity contribution in [1.82, 2.24) is 15.0 Å². The third kappa shape index (κ3) is 5.14. The van der Waals surface area contributed by atoms with Crippen molar-refractivity contribution in [2.75, 3.05) is 0 Å². The molecule has 6 heteroatoms. The van der Waals surface area contributed by atoms with Crippen molar-refractivity contribution >= 4 is 23.5 Å². The first kappa shape index (κ1) is 27.2. The molecule has 1 saturated heterocycles. The summed E-state index contributed by atoms with van der Waals surface area (Å²) >= 11 is 0. The molecule has 3 heterocycles. The van der Waals surface area contributed by atoms with Gasteiger partial charge in [-0.25, -0.2) is 9.97 Å². The van der Waals surface area contributed by atoms with Crippen LogP contribution in [-0.4, -0.2) is 33.3 Å². The molecule has 7 rings (SSSR count). The van der Waals surface area contributed by atoms with Gasteiger partial charge in [0, 0.05) is 34.4 Å². The fraction of sp³-hybridized carbons (Fsp3) is 0.162. The molecule has 2 aromatic heterocycles. The topological polar surface area (TPSA) is 57.1 Å². The van der Waals surface area contributed by atoms with Crippen molar-refractivity contribution in [2.45, 2.75) is 38.9 Å². The molecule has 0 radical (unpaired) electrons. The van der Waals surface area contributed by atoms with Crippen molar-refractivity contribution in [2.24, 2.45) is 0 Å². The molecular formula is C37H32BN3O2. The van der Waals surface area contributed by atoms with E-state index in [-0.39, 0.29) is 0 Å². The summed E-state index contributed by atoms with van der Waals surface area (Å²) in [6.07, 6.45) is 3.69. The summed E-state index contributed by atoms with van der Waals surface area (Å²) in [5.74, 6) is 0.678. The van der Waals surface area contributed by atoms with Gasteiger partial charge in [-0.3, -0.25) is 4.98 Å². The SMILES string of the molecule is CC1(C)OB(c2cncc(-c3cccc(-c4nc(-c5ccc(-c6ccccc6)cc5)c5ccccc5n4)c3)c2)OC1(C)C. The molecule has 0 unspecified atom stereocenters. The Morgan fingerprint density at radius 2 is 1.16 bits per heavy atom. The lowest BCUT2D eigenvalue weighted by Crippen LogP contribution is -2.41. The number of benzene rings is 4. The molecular weight excluding hydrogens is 529 g/mol. The molecule has 0 amide bonds. The zero-order chi connectivity index (χ0) is 29.6. The number of hydrogen-bond donors (Lipinski definition) is 0. The van der Waals surface area contributed by atoms with E-state index in [1.54, 1.807) is 0 Å². The van der Waals surface area contributed by atoms with Crippen molar-refractivity contribution in [3.8, 4) is 44.9 Å². The second-order valence-corrected chi connectivity index (χ2v) is 12.0. The molecule has 1 fully saturated rings. The summed E-state index contributed by atoms with van der Waals surface area (Å²) in [6, 6.07) is 37.6. The van der Waals surface area contributed by atoms with Gasteiger partial charge in [-0.05, 0) is 62.1 Å². The fourth-order valence-electron chi connectivity index (χ4n) is 5.44. The number of rotatable bonds is 5. The Kier molecular flexibility index (Phi) is 6.68. The predicted octanol–water partition coefficient (Wildman–Crippen LogP) is 7.99. The van der Waals surface area contributed by atoms with E-state index in [4.69, 9.17) is 19.3 Å². The largest absolute Gasteiger partial charge is 0.496 e. The molecule has 6 aromatic rings. The zero-order valence-corrected chi connectivity index (χ0v) is 24.8. The predicted molar refractivity (Wildman–Crippen MR) is 175 cm³/mol. The molecule has 0 atom stereocenters. The molecule has 0 spiro atoms. The highest BCUT2D eigenvalue weighted by Gasteiger charge is 2.51. The molecule has 210 valence electrons. The van der Waals surface area contributed by atoms with Crippen LogP contribution in [0, 0.1) is 0 Å². The monoisotopic (exact) mass is 561 g/mol. The maximum absolute atomic E-state index is 6.28. The minimum Gasteiger partial charge on any atom is -0.399 e. The number of pyridine rings is 1. The zero-order valence-electron chi connectivity index (χ0n) is 24.8. The van der Waals surface area contributed by atoms with E-state index in [9.17, 15) is 0 Å². The van der Waals surface area contributed by atoms with E-state index >= 15 is 0 Å². The summed E-state index contributed by atoms with van der Waals surface area (Å²) in [7, 11) is -0.472. The normalized spacial score (nSPS) is 15.6. The van der Waals surface area contributed by atoms with Crippen molar-refractivity contribution < 1.29 is 9.31 Å². The average Bonchev–Trinajstić information content (AvgIpc) is 3.27. The van der Waals surface area contributed by atoms with E-state index < -0.39 is 18.3 Å². The van der Waals surface area contributed by atoms with Gasteiger partial charge in [-0.2, -0.15) is 0 Å². The third-order valence-electron chi connectivity index (χ3n) is 8.61. The van der Waals surface area contributed by atoms with E-state index in [1.807, 2.05) is 42.7 Å². The average molecular weight is 561 g/mol. The van der Waals surface area contributed by atoms with Crippen LogP contribution in [-0.2, 0) is 9.31 Å². The van der Waals surface area contributed by atoms with Gasteiger partial charge in [-0.15, -0.1) is 0 Å². The smallest absolute Gasteiger partial charge is 0.399 e. The van der Waals surface area contributed by atoms with Crippen molar-refractivity contribution in [3.05, 3.63) is 122 Å². The van der Waals surface area contributed by atoms with Crippen molar-refractivity contribution in [3.63, 3.8) is 0 Å². The number of para-hydroxylation sites is 1. The third-order valence-corrected chi connectivity index (χ3v) is 8.61. The highest BCUT2D eigenvalue weighted by molar-refractivity contribution is 6.62. The van der Waals surface area contributed by atoms with Gasteiger partial charge in [0.2, 0.25) is 0 Å². The first-order valence-corrected chi connectivity index (χ1v) is 14.6. The molecule has 1 aliphatic rings. The Bertz CT molecular complexity index is 1920. The van der Waals surface area contributed by atoms with Gasteiger partial charge in [0.25, 0.3) is 0 Å². The van der Waals surface area contributed by atoms with E-state index in [1.165, 1.54) is 11.1 Å². The lowest BCUT2D eigenvalue weighted by atomic mass is 9.79. The van der Waals surface area contributed by atoms with E-state index in [0.29, 0.717) is 5.82 Å². The number of hydrogen-bond acceptors (Lipinski definition) is 5. The quantitative estimate of drug-likeness (QED) is 0.200. The van der Waals surface area contributed by atoms with Gasteiger partial charge < -0.3 is 9.31 Å². The Balaban J connectivity index is 1.25. The first-order valence-electron chi connectivity index (χ1n) is 14.6. The Morgan fingerprint density at radius 3 is 1.93 bits per heavy atom. The van der Waals surface area contributed by atoms with Crippen LogP contribution >= 0.6 is 0 Å². The Morgan fingerprint density at radius 1 is 0.535 bits per heavy atom. The lowest BCUT2D eigenvalue weighted by molar-refractivity contribution is 0.00578. The molecule has 1 aliphatic heterocycles. The van der Waals surface area contributed by atoms with Gasteiger partial charge in [0.05, 0.1) is 22.4 Å². The van der Waals surface area contributed by atoms with Crippen LogP contribution in [0.3, 0.4) is 0 Å². The number of fused-ring (bicyclic) bond motifs is 1. The van der Waals surface area contributed by atoms with Crippen LogP contribution in [0.15, 0.2) is 122 Å². The molecule has 5 nitrogen and oxygen atoms in total. The summed E-state index contributed by atoms with van der Waals surface area (Å²) in [5.41, 5.74) is 8.23. The molecule has 4 aromatic carbocycles. The maximum Gasteiger partial charge on any atom is 0.496 e. The van der Waals surface area contributed by atoms with Gasteiger partial charge >= 0.3 is 7.12 Å². The van der Waals surface area contributed by atoms with Crippen LogP contribution in [0.25, 0.3) is 55.8 Å². The summed E-state index contributed by atoms with van der Waals surface area (Å²) < 4.78 is 12.6. The van der Waals surface area contributed by atoms with Gasteiger partial charge in [0.1, 0.15) is 0 Å². The summed E-state index contributed by atoms with van der Waals surface area (Å²) in [6.45, 7) is 8.23. The Labute approximate surface area is 252 Å². The van der Waals surface area contributed by atoms with Crippen LogP contribution in [0.2, 0.25) is 0 Å². The van der Waals surface area contributed by atoms with Crippen LogP contribution in [0.4, 0.5) is 0 Å². The molecule has 0 aliphatic carbocycles. The summed E-state index contributed by atoms with van der Waals surface area (Å²) in [4.78, 5) is 14.6. The fourth-order valence-corrected chi connectivity index (χ4v) is 5.44. The maximum atomic E-state index is 6.28. The minimum atomic E-state index is -0.472. The standard InChI is InChI=1S/C37H32BN3O2/c1-36(2)37(3,4)43-38(42-36)31-22-30(23-39-24-31)28-13-10-14-29(21-28)35-40-33-16-9-8-15-32(33)34(41-35)27-19-17-26(18-20-27)25-11-6-5-7-12-25/h5-24H,1-4H3. The van der Waals surface area contributed by atoms with E-state index in [2.05, 4.69) is 112 Å². The molecule has 0 saturated carbocycles. The molecule has 43 heavy (non-hydrogen) atoms.